The molecule has 0 bridgehead atoms. The SMILES string of the molecule is CCCN(C1CC1)S(=O)(=O)c1ccc(F)c(CO)c1F. The van der Waals surface area contributed by atoms with Crippen LogP contribution in [0.5, 0.6) is 0 Å². The predicted molar refractivity (Wildman–Crippen MR) is 69.5 cm³/mol. The Morgan fingerprint density at radius 2 is 2.00 bits per heavy atom. The van der Waals surface area contributed by atoms with Gasteiger partial charge in [-0.15, -0.1) is 0 Å². The van der Waals surface area contributed by atoms with Gasteiger partial charge in [0.1, 0.15) is 10.7 Å². The van der Waals surface area contributed by atoms with Crippen LogP contribution in [0, 0.1) is 11.6 Å². The fourth-order valence-electron chi connectivity index (χ4n) is 2.13. The molecule has 0 spiro atoms. The summed E-state index contributed by atoms with van der Waals surface area (Å²) >= 11 is 0. The largest absolute Gasteiger partial charge is 0.391 e. The Balaban J connectivity index is 2.48. The van der Waals surface area contributed by atoms with E-state index in [0.717, 1.165) is 25.0 Å². The number of nitrogens with zero attached hydrogens (tertiary/aromatic N) is 1. The van der Waals surface area contributed by atoms with Crippen molar-refractivity contribution in [2.45, 2.75) is 43.7 Å². The fraction of sp³-hybridized carbons (Fsp3) is 0.538. The first-order chi connectivity index (χ1) is 9.43. The normalized spacial score (nSPS) is 15.8. The summed E-state index contributed by atoms with van der Waals surface area (Å²) < 4.78 is 53.7. The van der Waals surface area contributed by atoms with Crippen LogP contribution in [0.25, 0.3) is 0 Å². The van der Waals surface area contributed by atoms with Crippen molar-refractivity contribution in [3.63, 3.8) is 0 Å². The molecule has 1 fully saturated rings. The second-order valence-corrected chi connectivity index (χ2v) is 6.70. The molecule has 20 heavy (non-hydrogen) atoms. The lowest BCUT2D eigenvalue weighted by Crippen LogP contribution is -2.34. The van der Waals surface area contributed by atoms with Crippen molar-refractivity contribution in [1.29, 1.82) is 0 Å². The van der Waals surface area contributed by atoms with Gasteiger partial charge in [-0.3, -0.25) is 0 Å². The Labute approximate surface area is 117 Å². The number of rotatable bonds is 6. The Hall–Kier alpha value is -1.05. The standard InChI is InChI=1S/C13H17F2NO3S/c1-2-7-16(9-3-4-9)20(18,19)12-6-5-11(14)10(8-17)13(12)15/h5-6,9,17H,2-4,7-8H2,1H3. The molecule has 0 radical (unpaired) electrons. The first-order valence-electron chi connectivity index (χ1n) is 6.53. The van der Waals surface area contributed by atoms with E-state index in [0.29, 0.717) is 13.0 Å². The number of aliphatic hydroxyl groups is 1. The zero-order chi connectivity index (χ0) is 14.9. The lowest BCUT2D eigenvalue weighted by Gasteiger charge is -2.22. The van der Waals surface area contributed by atoms with Crippen LogP contribution in [0.3, 0.4) is 0 Å². The van der Waals surface area contributed by atoms with E-state index in [1.807, 2.05) is 6.92 Å². The maximum atomic E-state index is 14.1. The Morgan fingerprint density at radius 3 is 2.50 bits per heavy atom. The van der Waals surface area contributed by atoms with Gasteiger partial charge in [-0.1, -0.05) is 6.92 Å². The summed E-state index contributed by atoms with van der Waals surface area (Å²) in [7, 11) is -4.00. The van der Waals surface area contributed by atoms with Crippen LogP contribution >= 0.6 is 0 Å². The zero-order valence-electron chi connectivity index (χ0n) is 11.1. The molecule has 0 saturated heterocycles. The van der Waals surface area contributed by atoms with Crippen LogP contribution < -0.4 is 0 Å². The number of halogens is 2. The summed E-state index contributed by atoms with van der Waals surface area (Å²) in [6.45, 7) is 1.27. The molecule has 1 aliphatic carbocycles. The third kappa shape index (κ3) is 2.70. The quantitative estimate of drug-likeness (QED) is 0.875. The van der Waals surface area contributed by atoms with Gasteiger partial charge < -0.3 is 5.11 Å². The molecule has 0 amide bonds. The van der Waals surface area contributed by atoms with Gasteiger partial charge in [-0.05, 0) is 31.4 Å². The molecule has 1 aromatic carbocycles. The van der Waals surface area contributed by atoms with Crippen molar-refractivity contribution >= 4 is 10.0 Å². The first kappa shape index (κ1) is 15.3. The molecule has 1 aromatic rings. The number of sulfonamides is 1. The molecular weight excluding hydrogens is 288 g/mol. The maximum Gasteiger partial charge on any atom is 0.246 e. The molecule has 1 N–H and O–H groups in total. The van der Waals surface area contributed by atoms with Crippen molar-refractivity contribution in [2.24, 2.45) is 0 Å². The van der Waals surface area contributed by atoms with Gasteiger partial charge in [0, 0.05) is 12.6 Å². The molecule has 7 heteroatoms. The van der Waals surface area contributed by atoms with Gasteiger partial charge in [-0.2, -0.15) is 4.31 Å². The summed E-state index contributed by atoms with van der Waals surface area (Å²) in [5.74, 6) is -2.15. The average Bonchev–Trinajstić information content (AvgIpc) is 3.20. The van der Waals surface area contributed by atoms with Crippen LogP contribution in [0.2, 0.25) is 0 Å². The highest BCUT2D eigenvalue weighted by atomic mass is 32.2. The monoisotopic (exact) mass is 305 g/mol. The number of hydrogen-bond donors (Lipinski definition) is 1. The van der Waals surface area contributed by atoms with Gasteiger partial charge in [0.15, 0.2) is 5.82 Å². The summed E-state index contributed by atoms with van der Waals surface area (Å²) in [4.78, 5) is -0.566. The summed E-state index contributed by atoms with van der Waals surface area (Å²) in [5.41, 5.74) is -0.613. The number of aliphatic hydroxyl groups excluding tert-OH is 1. The average molecular weight is 305 g/mol. The maximum absolute atomic E-state index is 14.1. The minimum Gasteiger partial charge on any atom is -0.391 e. The van der Waals surface area contributed by atoms with E-state index in [-0.39, 0.29) is 6.04 Å². The fourth-order valence-corrected chi connectivity index (χ4v) is 4.00. The molecule has 1 saturated carbocycles. The lowest BCUT2D eigenvalue weighted by atomic mass is 10.2. The Morgan fingerprint density at radius 1 is 1.35 bits per heavy atom. The number of benzene rings is 1. The van der Waals surface area contributed by atoms with E-state index in [1.165, 1.54) is 4.31 Å². The highest BCUT2D eigenvalue weighted by Gasteiger charge is 2.39. The summed E-state index contributed by atoms with van der Waals surface area (Å²) in [6.07, 6.45) is 2.13. The van der Waals surface area contributed by atoms with Gasteiger partial charge in [0.25, 0.3) is 0 Å². The van der Waals surface area contributed by atoms with Gasteiger partial charge in [-0.25, -0.2) is 17.2 Å². The number of hydrogen-bond acceptors (Lipinski definition) is 3. The van der Waals surface area contributed by atoms with Crippen molar-refractivity contribution in [3.8, 4) is 0 Å². The van der Waals surface area contributed by atoms with E-state index < -0.39 is 38.7 Å². The summed E-state index contributed by atoms with van der Waals surface area (Å²) in [5, 5.41) is 8.96. The topological polar surface area (TPSA) is 57.6 Å². The third-order valence-corrected chi connectivity index (χ3v) is 5.26. The van der Waals surface area contributed by atoms with Crippen molar-refractivity contribution < 1.29 is 22.3 Å². The minimum atomic E-state index is -4.00. The van der Waals surface area contributed by atoms with Crippen molar-refractivity contribution in [1.82, 2.24) is 4.31 Å². The van der Waals surface area contributed by atoms with Crippen molar-refractivity contribution in [3.05, 3.63) is 29.3 Å². The van der Waals surface area contributed by atoms with Crippen LogP contribution in [0.1, 0.15) is 31.7 Å². The first-order valence-corrected chi connectivity index (χ1v) is 7.97. The molecule has 2 rings (SSSR count). The summed E-state index contributed by atoms with van der Waals surface area (Å²) in [6, 6.07) is 1.70. The molecule has 0 aromatic heterocycles. The van der Waals surface area contributed by atoms with Gasteiger partial charge >= 0.3 is 0 Å². The molecule has 0 aliphatic heterocycles. The molecular formula is C13H17F2NO3S. The van der Waals surface area contributed by atoms with E-state index in [4.69, 9.17) is 5.11 Å². The molecule has 0 atom stereocenters. The second-order valence-electron chi connectivity index (χ2n) is 4.84. The predicted octanol–water partition coefficient (Wildman–Crippen LogP) is 2.02. The highest BCUT2D eigenvalue weighted by Crippen LogP contribution is 2.33. The zero-order valence-corrected chi connectivity index (χ0v) is 12.0. The van der Waals surface area contributed by atoms with Crippen LogP contribution in [0.15, 0.2) is 17.0 Å². The van der Waals surface area contributed by atoms with E-state index in [1.54, 1.807) is 0 Å². The van der Waals surface area contributed by atoms with Crippen LogP contribution in [-0.2, 0) is 16.6 Å². The van der Waals surface area contributed by atoms with E-state index >= 15 is 0 Å². The Bertz CT molecular complexity index is 600. The van der Waals surface area contributed by atoms with Crippen LogP contribution in [-0.4, -0.2) is 30.4 Å². The van der Waals surface area contributed by atoms with E-state index in [9.17, 15) is 17.2 Å². The van der Waals surface area contributed by atoms with Crippen molar-refractivity contribution in [2.75, 3.05) is 6.54 Å². The molecule has 0 heterocycles. The Kier molecular flexibility index (Phi) is 4.41. The van der Waals surface area contributed by atoms with Gasteiger partial charge in [0.05, 0.1) is 12.2 Å². The second kappa shape index (κ2) is 5.75. The minimum absolute atomic E-state index is 0.0954. The van der Waals surface area contributed by atoms with Gasteiger partial charge in [0.2, 0.25) is 10.0 Å². The smallest absolute Gasteiger partial charge is 0.246 e. The molecule has 0 unspecified atom stereocenters. The third-order valence-electron chi connectivity index (χ3n) is 3.29. The van der Waals surface area contributed by atoms with E-state index in [2.05, 4.69) is 0 Å². The highest BCUT2D eigenvalue weighted by molar-refractivity contribution is 7.89. The molecule has 1 aliphatic rings. The van der Waals surface area contributed by atoms with Crippen LogP contribution in [0.4, 0.5) is 8.78 Å². The molecule has 112 valence electrons. The molecule has 4 nitrogen and oxygen atoms in total. The lowest BCUT2D eigenvalue weighted by molar-refractivity contribution is 0.267.